The van der Waals surface area contributed by atoms with Crippen LogP contribution in [0.25, 0.3) is 94.5 Å². The minimum Gasteiger partial charge on any atom is -0.309 e. The second kappa shape index (κ2) is 11.9. The first kappa shape index (κ1) is 29.0. The normalized spacial score (nSPS) is 11.5. The van der Waals surface area contributed by atoms with E-state index < -0.39 is 0 Å². The Morgan fingerprint density at radius 3 is 1.76 bits per heavy atom. The molecule has 238 valence electrons. The fraction of sp³-hybridized carbons (Fsp3) is 0. The van der Waals surface area contributed by atoms with Crippen LogP contribution in [-0.2, 0) is 0 Å². The molecule has 5 heteroatoms. The first-order valence-corrected chi connectivity index (χ1v) is 17.1. The third-order valence-electron chi connectivity index (χ3n) is 9.69. The molecule has 7 aromatic carbocycles. The van der Waals surface area contributed by atoms with Gasteiger partial charge in [0.1, 0.15) is 5.69 Å². The standard InChI is InChI=1S/C46H29N5/c1-2-12-32(13-3-1)45-49-40(28-41(50-45)46-47-29-33-14-4-9-19-39(33)48-46)31-24-22-30(23-25-31)34-26-27-44(36-16-6-5-15-35(34)36)51-42-20-10-7-17-37(42)38-18-8-11-21-43(38)51/h1-29H. The first-order valence-electron chi connectivity index (χ1n) is 17.1. The second-order valence-corrected chi connectivity index (χ2v) is 12.7. The number of fused-ring (bicyclic) bond motifs is 5. The highest BCUT2D eigenvalue weighted by Gasteiger charge is 2.17. The summed E-state index contributed by atoms with van der Waals surface area (Å²) < 4.78 is 2.40. The number of hydrogen-bond donors (Lipinski definition) is 0. The van der Waals surface area contributed by atoms with Crippen LogP contribution < -0.4 is 0 Å². The molecule has 5 nitrogen and oxygen atoms in total. The molecule has 0 saturated heterocycles. The van der Waals surface area contributed by atoms with Gasteiger partial charge in [-0.2, -0.15) is 0 Å². The van der Waals surface area contributed by atoms with Gasteiger partial charge in [0.2, 0.25) is 0 Å². The lowest BCUT2D eigenvalue weighted by molar-refractivity contribution is 1.13. The molecule has 10 rings (SSSR count). The van der Waals surface area contributed by atoms with Crippen LogP contribution >= 0.6 is 0 Å². The maximum atomic E-state index is 5.03. The van der Waals surface area contributed by atoms with Gasteiger partial charge in [-0.1, -0.05) is 140 Å². The van der Waals surface area contributed by atoms with Crippen LogP contribution in [0.3, 0.4) is 0 Å². The summed E-state index contributed by atoms with van der Waals surface area (Å²) in [7, 11) is 0. The molecule has 0 bridgehead atoms. The fourth-order valence-electron chi connectivity index (χ4n) is 7.25. The lowest BCUT2D eigenvalue weighted by Crippen LogP contribution is -1.99. The van der Waals surface area contributed by atoms with Gasteiger partial charge in [-0.05, 0) is 46.8 Å². The summed E-state index contributed by atoms with van der Waals surface area (Å²) in [6.45, 7) is 0. The van der Waals surface area contributed by atoms with Crippen molar-refractivity contribution in [3.05, 3.63) is 176 Å². The van der Waals surface area contributed by atoms with Crippen molar-refractivity contribution in [2.45, 2.75) is 0 Å². The van der Waals surface area contributed by atoms with Crippen molar-refractivity contribution in [2.75, 3.05) is 0 Å². The molecule has 51 heavy (non-hydrogen) atoms. The first-order chi connectivity index (χ1) is 25.3. The zero-order valence-corrected chi connectivity index (χ0v) is 27.5. The van der Waals surface area contributed by atoms with Gasteiger partial charge in [0.25, 0.3) is 0 Å². The Labute approximate surface area is 294 Å². The molecular weight excluding hydrogens is 623 g/mol. The molecule has 0 amide bonds. The summed E-state index contributed by atoms with van der Waals surface area (Å²) in [5.74, 6) is 1.21. The number of rotatable bonds is 5. The number of para-hydroxylation sites is 3. The molecule has 0 aliphatic heterocycles. The van der Waals surface area contributed by atoms with E-state index in [1.54, 1.807) is 0 Å². The van der Waals surface area contributed by atoms with E-state index in [1.807, 2.05) is 66.9 Å². The van der Waals surface area contributed by atoms with Gasteiger partial charge < -0.3 is 4.57 Å². The lowest BCUT2D eigenvalue weighted by atomic mass is 9.96. The van der Waals surface area contributed by atoms with Gasteiger partial charge in [-0.3, -0.25) is 0 Å². The number of aromatic nitrogens is 5. The van der Waals surface area contributed by atoms with E-state index in [4.69, 9.17) is 15.0 Å². The van der Waals surface area contributed by atoms with Gasteiger partial charge in [0.15, 0.2) is 11.6 Å². The highest BCUT2D eigenvalue weighted by atomic mass is 15.0. The molecule has 0 atom stereocenters. The molecule has 3 aromatic heterocycles. The molecule has 0 unspecified atom stereocenters. The molecule has 0 fully saturated rings. The van der Waals surface area contributed by atoms with E-state index in [-0.39, 0.29) is 0 Å². The minimum absolute atomic E-state index is 0.570. The molecule has 0 radical (unpaired) electrons. The topological polar surface area (TPSA) is 56.5 Å². The van der Waals surface area contributed by atoms with Crippen molar-refractivity contribution < 1.29 is 0 Å². The van der Waals surface area contributed by atoms with E-state index in [0.717, 1.165) is 33.3 Å². The highest BCUT2D eigenvalue weighted by Crippen LogP contribution is 2.38. The maximum Gasteiger partial charge on any atom is 0.178 e. The second-order valence-electron chi connectivity index (χ2n) is 12.7. The van der Waals surface area contributed by atoms with Gasteiger partial charge in [-0.25, -0.2) is 19.9 Å². The SMILES string of the molecule is c1ccc(-c2nc(-c3ccc(-c4ccc(-n5c6ccccc6c6ccccc65)c5ccccc45)cc3)cc(-c3ncc4ccccc4n3)n2)cc1. The molecule has 10 aromatic rings. The van der Waals surface area contributed by atoms with Crippen LogP contribution in [-0.4, -0.2) is 24.5 Å². The molecule has 0 spiro atoms. The van der Waals surface area contributed by atoms with E-state index in [2.05, 4.69) is 119 Å². The molecule has 0 aliphatic rings. The van der Waals surface area contributed by atoms with Crippen molar-refractivity contribution in [1.82, 2.24) is 24.5 Å². The van der Waals surface area contributed by atoms with Crippen LogP contribution in [0, 0.1) is 0 Å². The summed E-state index contributed by atoms with van der Waals surface area (Å²) in [5.41, 5.74) is 10.2. The third kappa shape index (κ3) is 4.94. The Bertz CT molecular complexity index is 2860. The zero-order valence-electron chi connectivity index (χ0n) is 27.5. The van der Waals surface area contributed by atoms with E-state index >= 15 is 0 Å². The van der Waals surface area contributed by atoms with Crippen molar-refractivity contribution in [3.8, 4) is 51.0 Å². The molecule has 3 heterocycles. The van der Waals surface area contributed by atoms with Gasteiger partial charge in [-0.15, -0.1) is 0 Å². The maximum absolute atomic E-state index is 5.03. The van der Waals surface area contributed by atoms with Crippen LogP contribution in [0.1, 0.15) is 0 Å². The van der Waals surface area contributed by atoms with Crippen molar-refractivity contribution in [2.24, 2.45) is 0 Å². The van der Waals surface area contributed by atoms with Crippen LogP contribution in [0.4, 0.5) is 0 Å². The monoisotopic (exact) mass is 651 g/mol. The van der Waals surface area contributed by atoms with Crippen LogP contribution in [0.2, 0.25) is 0 Å². The number of hydrogen-bond acceptors (Lipinski definition) is 4. The Balaban J connectivity index is 1.08. The summed E-state index contributed by atoms with van der Waals surface area (Å²) in [6, 6.07) is 59.3. The van der Waals surface area contributed by atoms with Gasteiger partial charge in [0, 0.05) is 38.9 Å². The van der Waals surface area contributed by atoms with Crippen LogP contribution in [0.15, 0.2) is 176 Å². The summed E-state index contributed by atoms with van der Waals surface area (Å²) in [6.07, 6.45) is 1.85. The van der Waals surface area contributed by atoms with Gasteiger partial charge >= 0.3 is 0 Å². The zero-order chi connectivity index (χ0) is 33.7. The Morgan fingerprint density at radius 2 is 1.00 bits per heavy atom. The third-order valence-corrected chi connectivity index (χ3v) is 9.69. The van der Waals surface area contributed by atoms with Crippen molar-refractivity contribution in [1.29, 1.82) is 0 Å². The minimum atomic E-state index is 0.570. The Hall–Kier alpha value is -6.98. The Kier molecular flexibility index (Phi) is 6.74. The summed E-state index contributed by atoms with van der Waals surface area (Å²) >= 11 is 0. The summed E-state index contributed by atoms with van der Waals surface area (Å²) in [5, 5.41) is 5.91. The summed E-state index contributed by atoms with van der Waals surface area (Å²) in [4.78, 5) is 19.5. The fourth-order valence-corrected chi connectivity index (χ4v) is 7.25. The van der Waals surface area contributed by atoms with E-state index in [9.17, 15) is 0 Å². The Morgan fingerprint density at radius 1 is 0.392 bits per heavy atom. The molecule has 0 aliphatic carbocycles. The molecular formula is C46H29N5. The predicted octanol–water partition coefficient (Wildman–Crippen LogP) is 11.3. The average molecular weight is 652 g/mol. The highest BCUT2D eigenvalue weighted by molar-refractivity contribution is 6.11. The van der Waals surface area contributed by atoms with E-state index in [0.29, 0.717) is 17.3 Å². The lowest BCUT2D eigenvalue weighted by Gasteiger charge is -2.15. The molecule has 0 N–H and O–H groups in total. The average Bonchev–Trinajstić information content (AvgIpc) is 3.54. The van der Waals surface area contributed by atoms with Crippen molar-refractivity contribution >= 4 is 43.5 Å². The molecule has 0 saturated carbocycles. The number of nitrogens with zero attached hydrogens (tertiary/aromatic N) is 5. The smallest absolute Gasteiger partial charge is 0.178 e. The van der Waals surface area contributed by atoms with Crippen LogP contribution in [0.5, 0.6) is 0 Å². The largest absolute Gasteiger partial charge is 0.309 e. The predicted molar refractivity (Wildman–Crippen MR) is 209 cm³/mol. The number of benzene rings is 7. The van der Waals surface area contributed by atoms with Gasteiger partial charge in [0.05, 0.1) is 27.9 Å². The quantitative estimate of drug-likeness (QED) is 0.186. The van der Waals surface area contributed by atoms with Crippen molar-refractivity contribution in [3.63, 3.8) is 0 Å². The van der Waals surface area contributed by atoms with E-state index in [1.165, 1.54) is 43.8 Å².